The predicted octanol–water partition coefficient (Wildman–Crippen LogP) is 14.0. The van der Waals surface area contributed by atoms with Crippen molar-refractivity contribution in [3.63, 3.8) is 0 Å². The average Bonchev–Trinajstić information content (AvgIpc) is 3.79. The van der Waals surface area contributed by atoms with E-state index in [1.54, 1.807) is 0 Å². The van der Waals surface area contributed by atoms with Crippen molar-refractivity contribution in [2.24, 2.45) is 0 Å². The van der Waals surface area contributed by atoms with Crippen molar-refractivity contribution in [2.45, 2.75) is 12.3 Å². The number of para-hydroxylation sites is 1. The molecule has 268 valence electrons. The van der Waals surface area contributed by atoms with Crippen LogP contribution >= 0.6 is 0 Å². The van der Waals surface area contributed by atoms with Gasteiger partial charge in [-0.15, -0.1) is 0 Å². The van der Waals surface area contributed by atoms with Crippen LogP contribution in [0.15, 0.2) is 205 Å². The van der Waals surface area contributed by atoms with Gasteiger partial charge >= 0.3 is 0 Å². The fourth-order valence-electron chi connectivity index (χ4n) is 8.81. The van der Waals surface area contributed by atoms with Crippen LogP contribution in [0.5, 0.6) is 0 Å². The second-order valence-electron chi connectivity index (χ2n) is 15.1. The van der Waals surface area contributed by atoms with Gasteiger partial charge in [-0.3, -0.25) is 0 Å². The highest BCUT2D eigenvalue weighted by atomic mass is 16.3. The first-order chi connectivity index (χ1) is 28.1. The van der Waals surface area contributed by atoms with Crippen LogP contribution in [0, 0.1) is 0 Å². The monoisotopic (exact) mass is 728 g/mol. The molecule has 0 bridgehead atoms. The van der Waals surface area contributed by atoms with Crippen molar-refractivity contribution >= 4 is 21.9 Å². The van der Waals surface area contributed by atoms with Crippen molar-refractivity contribution in [1.82, 2.24) is 9.97 Å². The lowest BCUT2D eigenvalue weighted by molar-refractivity contribution is 0.669. The Bertz CT molecular complexity index is 3130. The van der Waals surface area contributed by atoms with Crippen LogP contribution in [0.25, 0.3) is 89.2 Å². The van der Waals surface area contributed by atoms with Gasteiger partial charge in [0.15, 0.2) is 5.82 Å². The molecule has 1 aliphatic carbocycles. The van der Waals surface area contributed by atoms with E-state index < -0.39 is 0 Å². The zero-order valence-corrected chi connectivity index (χ0v) is 31.4. The van der Waals surface area contributed by atoms with E-state index in [4.69, 9.17) is 14.4 Å². The smallest absolute Gasteiger partial charge is 0.160 e. The molecule has 1 aliphatic rings. The summed E-state index contributed by atoms with van der Waals surface area (Å²) < 4.78 is 6.21. The Balaban J connectivity index is 0.972. The number of hydrogen-bond acceptors (Lipinski definition) is 3. The summed E-state index contributed by atoms with van der Waals surface area (Å²) in [6, 6.07) is 71.1. The lowest BCUT2D eigenvalue weighted by Crippen LogP contribution is -2.22. The van der Waals surface area contributed by atoms with E-state index in [0.717, 1.165) is 72.3 Å². The molecule has 3 nitrogen and oxygen atoms in total. The lowest BCUT2D eigenvalue weighted by atomic mass is 9.74. The van der Waals surface area contributed by atoms with E-state index in [0.29, 0.717) is 5.82 Å². The molecule has 0 spiro atoms. The number of furan rings is 1. The van der Waals surface area contributed by atoms with Gasteiger partial charge in [0.05, 0.1) is 11.4 Å². The molecule has 10 aromatic rings. The lowest BCUT2D eigenvalue weighted by Gasteiger charge is -2.28. The van der Waals surface area contributed by atoms with E-state index in [1.165, 1.54) is 27.8 Å². The number of hydrogen-bond donors (Lipinski definition) is 0. The normalized spacial score (nSPS) is 14.5. The van der Waals surface area contributed by atoms with Crippen molar-refractivity contribution in [3.8, 4) is 67.3 Å². The second-order valence-corrected chi connectivity index (χ2v) is 15.1. The van der Waals surface area contributed by atoms with Gasteiger partial charge < -0.3 is 4.42 Å². The second kappa shape index (κ2) is 13.1. The Morgan fingerprint density at radius 1 is 0.368 bits per heavy atom. The van der Waals surface area contributed by atoms with Crippen molar-refractivity contribution in [1.29, 1.82) is 0 Å². The maximum absolute atomic E-state index is 6.21. The van der Waals surface area contributed by atoms with Gasteiger partial charge in [0.2, 0.25) is 0 Å². The molecule has 1 atom stereocenters. The zero-order chi connectivity index (χ0) is 37.9. The zero-order valence-electron chi connectivity index (χ0n) is 31.4. The molecule has 2 heterocycles. The molecule has 0 N–H and O–H groups in total. The Hall–Kier alpha value is -7.36. The predicted molar refractivity (Wildman–Crippen MR) is 234 cm³/mol. The van der Waals surface area contributed by atoms with Crippen molar-refractivity contribution in [2.75, 3.05) is 0 Å². The van der Waals surface area contributed by atoms with Crippen molar-refractivity contribution in [3.05, 3.63) is 217 Å². The van der Waals surface area contributed by atoms with Crippen LogP contribution in [0.1, 0.15) is 23.6 Å². The molecule has 0 fully saturated rings. The molecule has 0 aliphatic heterocycles. The third-order valence-electron chi connectivity index (χ3n) is 11.8. The van der Waals surface area contributed by atoms with Crippen LogP contribution in [0.2, 0.25) is 0 Å². The molecule has 11 rings (SSSR count). The minimum atomic E-state index is -0.297. The Labute approximate surface area is 331 Å². The third kappa shape index (κ3) is 5.50. The largest absolute Gasteiger partial charge is 0.456 e. The van der Waals surface area contributed by atoms with Crippen LogP contribution in [-0.4, -0.2) is 9.97 Å². The molecule has 8 aromatic carbocycles. The molecular weight excluding hydrogens is 693 g/mol. The van der Waals surface area contributed by atoms with Crippen LogP contribution in [-0.2, 0) is 5.41 Å². The summed E-state index contributed by atoms with van der Waals surface area (Å²) >= 11 is 0. The molecule has 2 aromatic heterocycles. The van der Waals surface area contributed by atoms with Gasteiger partial charge in [0.25, 0.3) is 0 Å². The standard InChI is InChI=1S/C54H36N2O/c1-54(42-17-6-3-7-18-42)47-21-10-8-19-43(47)44-29-28-41(32-48(44)54)50-34-49(55-53(56-50)37-13-4-2-5-14-37)36-25-23-35(24-26-36)38-15-12-16-39(31-38)40-27-30-46-45-20-9-11-22-51(45)57-52(46)33-40/h2-34H,1H3. The summed E-state index contributed by atoms with van der Waals surface area (Å²) in [4.78, 5) is 10.4. The van der Waals surface area contributed by atoms with E-state index in [9.17, 15) is 0 Å². The van der Waals surface area contributed by atoms with Crippen LogP contribution in [0.3, 0.4) is 0 Å². The Morgan fingerprint density at radius 2 is 0.947 bits per heavy atom. The number of nitrogens with zero attached hydrogens (tertiary/aromatic N) is 2. The number of rotatable bonds is 6. The Morgan fingerprint density at radius 3 is 1.77 bits per heavy atom. The number of benzene rings is 8. The minimum Gasteiger partial charge on any atom is -0.456 e. The minimum absolute atomic E-state index is 0.297. The molecule has 3 heteroatoms. The number of aromatic nitrogens is 2. The first-order valence-electron chi connectivity index (χ1n) is 19.5. The molecule has 1 unspecified atom stereocenters. The molecular formula is C54H36N2O. The van der Waals surface area contributed by atoms with Gasteiger partial charge in [-0.25, -0.2) is 9.97 Å². The third-order valence-corrected chi connectivity index (χ3v) is 11.8. The fraction of sp³-hybridized carbons (Fsp3) is 0.0370. The quantitative estimate of drug-likeness (QED) is 0.171. The highest BCUT2D eigenvalue weighted by Gasteiger charge is 2.40. The van der Waals surface area contributed by atoms with Gasteiger partial charge in [-0.2, -0.15) is 0 Å². The first kappa shape index (κ1) is 33.0. The maximum atomic E-state index is 6.21. The summed E-state index contributed by atoms with van der Waals surface area (Å²) in [6.45, 7) is 2.36. The maximum Gasteiger partial charge on any atom is 0.160 e. The SMILES string of the molecule is CC1(c2ccccc2)c2ccccc2-c2ccc(-c3cc(-c4ccc(-c5cccc(-c6ccc7c(c6)oc6ccccc67)c5)cc4)nc(-c4ccccc4)n3)cc21. The van der Waals surface area contributed by atoms with E-state index in [1.807, 2.05) is 30.3 Å². The molecule has 0 amide bonds. The summed E-state index contributed by atoms with van der Waals surface area (Å²) in [5.74, 6) is 0.705. The number of fused-ring (bicyclic) bond motifs is 6. The van der Waals surface area contributed by atoms with Crippen molar-refractivity contribution < 1.29 is 4.42 Å². The highest BCUT2D eigenvalue weighted by molar-refractivity contribution is 6.06. The summed E-state index contributed by atoms with van der Waals surface area (Å²) in [5.41, 5.74) is 17.4. The highest BCUT2D eigenvalue weighted by Crippen LogP contribution is 2.53. The fourth-order valence-corrected chi connectivity index (χ4v) is 8.81. The van der Waals surface area contributed by atoms with E-state index in [-0.39, 0.29) is 5.41 Å². The van der Waals surface area contributed by atoms with Crippen LogP contribution in [0.4, 0.5) is 0 Å². The first-order valence-corrected chi connectivity index (χ1v) is 19.5. The summed E-state index contributed by atoms with van der Waals surface area (Å²) in [7, 11) is 0. The van der Waals surface area contributed by atoms with Gasteiger partial charge in [-0.05, 0) is 93.4 Å². The molecule has 0 radical (unpaired) electrons. The summed E-state index contributed by atoms with van der Waals surface area (Å²) in [6.07, 6.45) is 0. The van der Waals surface area contributed by atoms with Gasteiger partial charge in [0.1, 0.15) is 11.2 Å². The van der Waals surface area contributed by atoms with Gasteiger partial charge in [-0.1, -0.05) is 164 Å². The molecule has 0 saturated heterocycles. The molecule has 0 saturated carbocycles. The van der Waals surface area contributed by atoms with E-state index >= 15 is 0 Å². The van der Waals surface area contributed by atoms with Crippen LogP contribution < -0.4 is 0 Å². The van der Waals surface area contributed by atoms with E-state index in [2.05, 4.69) is 177 Å². The topological polar surface area (TPSA) is 38.9 Å². The van der Waals surface area contributed by atoms with Gasteiger partial charge in [0, 0.05) is 32.9 Å². The average molecular weight is 729 g/mol. The molecule has 57 heavy (non-hydrogen) atoms. The Kier molecular flexibility index (Phi) is 7.61. The summed E-state index contributed by atoms with van der Waals surface area (Å²) in [5, 5.41) is 2.28.